The summed E-state index contributed by atoms with van der Waals surface area (Å²) in [4.78, 5) is 13.1. The number of aryl methyl sites for hydroxylation is 1. The molecule has 1 atom stereocenters. The second kappa shape index (κ2) is 6.95. The molecule has 0 saturated heterocycles. The lowest BCUT2D eigenvalue weighted by molar-refractivity contribution is -0.120. The van der Waals surface area contributed by atoms with Gasteiger partial charge in [0.2, 0.25) is 5.91 Å². The monoisotopic (exact) mass is 395 g/mol. The van der Waals surface area contributed by atoms with E-state index in [1.54, 1.807) is 25.3 Å². The largest absolute Gasteiger partial charge is 0.496 e. The number of hydrogen-bond donors (Lipinski definition) is 1. The summed E-state index contributed by atoms with van der Waals surface area (Å²) in [6.45, 7) is 1.93. The van der Waals surface area contributed by atoms with Gasteiger partial charge in [0.15, 0.2) is 0 Å². The standard InChI is InChI=1S/C22H21NO4S/c1-14-10-13-19(27-2)17-11-12-18(21(14)17)22(24)23-28(25,26)20-9-5-7-15-6-3-4-8-16(15)20/h3-10,13,18H,11-12H2,1-2H3,(H,23,24)/t18-/m1/s1. The zero-order valence-electron chi connectivity index (χ0n) is 15.7. The molecule has 0 saturated carbocycles. The molecule has 1 amide bonds. The van der Waals surface area contributed by atoms with E-state index in [1.165, 1.54) is 6.07 Å². The van der Waals surface area contributed by atoms with Crippen molar-refractivity contribution < 1.29 is 17.9 Å². The number of sulfonamides is 1. The number of benzene rings is 3. The highest BCUT2D eigenvalue weighted by Crippen LogP contribution is 2.40. The van der Waals surface area contributed by atoms with Crippen molar-refractivity contribution in [3.8, 4) is 5.75 Å². The van der Waals surface area contributed by atoms with Gasteiger partial charge in [-0.25, -0.2) is 13.1 Å². The van der Waals surface area contributed by atoms with E-state index in [2.05, 4.69) is 4.72 Å². The van der Waals surface area contributed by atoms with E-state index in [4.69, 9.17) is 4.74 Å². The van der Waals surface area contributed by atoms with Crippen molar-refractivity contribution in [2.75, 3.05) is 7.11 Å². The molecule has 6 heteroatoms. The Morgan fingerprint density at radius 2 is 1.82 bits per heavy atom. The number of fused-ring (bicyclic) bond motifs is 2. The van der Waals surface area contributed by atoms with Crippen LogP contribution in [0.3, 0.4) is 0 Å². The molecule has 144 valence electrons. The maximum atomic E-state index is 13.0. The van der Waals surface area contributed by atoms with Gasteiger partial charge >= 0.3 is 0 Å². The van der Waals surface area contributed by atoms with Crippen molar-refractivity contribution in [2.24, 2.45) is 0 Å². The molecule has 4 rings (SSSR count). The fourth-order valence-corrected chi connectivity index (χ4v) is 5.33. The average Bonchev–Trinajstić information content (AvgIpc) is 3.14. The molecule has 1 aliphatic rings. The minimum absolute atomic E-state index is 0.111. The minimum Gasteiger partial charge on any atom is -0.496 e. The van der Waals surface area contributed by atoms with Crippen LogP contribution in [0.5, 0.6) is 5.75 Å². The zero-order valence-corrected chi connectivity index (χ0v) is 16.5. The van der Waals surface area contributed by atoms with Crippen LogP contribution < -0.4 is 9.46 Å². The van der Waals surface area contributed by atoms with Crippen molar-refractivity contribution in [1.82, 2.24) is 4.72 Å². The lowest BCUT2D eigenvalue weighted by Crippen LogP contribution is -2.34. The number of methoxy groups -OCH3 is 1. The second-order valence-corrected chi connectivity index (χ2v) is 8.67. The topological polar surface area (TPSA) is 72.5 Å². The SMILES string of the molecule is COc1ccc(C)c2c1CC[C@H]2C(=O)NS(=O)(=O)c1cccc2ccccc12. The third kappa shape index (κ3) is 3.03. The second-order valence-electron chi connectivity index (χ2n) is 7.02. The molecule has 5 nitrogen and oxygen atoms in total. The number of hydrogen-bond acceptors (Lipinski definition) is 4. The van der Waals surface area contributed by atoms with Crippen LogP contribution in [0.4, 0.5) is 0 Å². The van der Waals surface area contributed by atoms with E-state index >= 15 is 0 Å². The summed E-state index contributed by atoms with van der Waals surface area (Å²) < 4.78 is 33.7. The summed E-state index contributed by atoms with van der Waals surface area (Å²) in [5.41, 5.74) is 2.84. The van der Waals surface area contributed by atoms with E-state index in [-0.39, 0.29) is 4.90 Å². The van der Waals surface area contributed by atoms with Crippen molar-refractivity contribution in [3.05, 3.63) is 71.3 Å². The number of amides is 1. The summed E-state index contributed by atoms with van der Waals surface area (Å²) in [7, 11) is -2.38. The number of carbonyl (C=O) groups excluding carboxylic acids is 1. The number of carbonyl (C=O) groups is 1. The fourth-order valence-electron chi connectivity index (χ4n) is 4.08. The van der Waals surface area contributed by atoms with Gasteiger partial charge in [-0.2, -0.15) is 0 Å². The average molecular weight is 395 g/mol. The van der Waals surface area contributed by atoms with Crippen LogP contribution in [0, 0.1) is 6.92 Å². The highest BCUT2D eigenvalue weighted by molar-refractivity contribution is 7.90. The van der Waals surface area contributed by atoms with E-state index in [0.717, 1.165) is 27.8 Å². The molecule has 28 heavy (non-hydrogen) atoms. The van der Waals surface area contributed by atoms with E-state index in [1.807, 2.05) is 37.3 Å². The van der Waals surface area contributed by atoms with Gasteiger partial charge in [0, 0.05) is 5.39 Å². The first kappa shape index (κ1) is 18.5. The van der Waals surface area contributed by atoms with Crippen molar-refractivity contribution in [1.29, 1.82) is 0 Å². The fraction of sp³-hybridized carbons (Fsp3) is 0.227. The summed E-state index contributed by atoms with van der Waals surface area (Å²) in [6.07, 6.45) is 1.25. The van der Waals surface area contributed by atoms with E-state index in [0.29, 0.717) is 18.2 Å². The van der Waals surface area contributed by atoms with Gasteiger partial charge in [-0.3, -0.25) is 4.79 Å². The molecule has 1 aliphatic carbocycles. The van der Waals surface area contributed by atoms with E-state index in [9.17, 15) is 13.2 Å². The van der Waals surface area contributed by atoms with Gasteiger partial charge in [0.1, 0.15) is 5.75 Å². The van der Waals surface area contributed by atoms with Crippen LogP contribution in [-0.4, -0.2) is 21.4 Å². The van der Waals surface area contributed by atoms with Crippen LogP contribution in [-0.2, 0) is 21.2 Å². The first-order valence-electron chi connectivity index (χ1n) is 9.13. The molecular weight excluding hydrogens is 374 g/mol. The highest BCUT2D eigenvalue weighted by Gasteiger charge is 2.34. The molecule has 0 bridgehead atoms. The number of nitrogens with one attached hydrogen (secondary N) is 1. The Morgan fingerprint density at radius 1 is 1.07 bits per heavy atom. The molecule has 1 N–H and O–H groups in total. The summed E-state index contributed by atoms with van der Waals surface area (Å²) in [5, 5.41) is 1.40. The molecule has 0 fully saturated rings. The maximum absolute atomic E-state index is 13.0. The first-order chi connectivity index (χ1) is 13.4. The Labute approximate surface area is 164 Å². The van der Waals surface area contributed by atoms with Gasteiger partial charge in [-0.15, -0.1) is 0 Å². The molecule has 0 spiro atoms. The molecule has 0 aromatic heterocycles. The Hall–Kier alpha value is -2.86. The molecule has 0 radical (unpaired) electrons. The smallest absolute Gasteiger partial charge is 0.264 e. The number of rotatable bonds is 4. The third-order valence-corrected chi connectivity index (χ3v) is 6.78. The van der Waals surface area contributed by atoms with Gasteiger partial charge in [-0.05, 0) is 54.0 Å². The Balaban J connectivity index is 1.69. The molecule has 0 heterocycles. The predicted molar refractivity (Wildman–Crippen MR) is 108 cm³/mol. The Bertz CT molecular complexity index is 1180. The first-order valence-corrected chi connectivity index (χ1v) is 10.6. The van der Waals surface area contributed by atoms with Crippen LogP contribution in [0.15, 0.2) is 59.5 Å². The molecular formula is C22H21NO4S. The summed E-state index contributed by atoms with van der Waals surface area (Å²) in [6, 6.07) is 16.1. The predicted octanol–water partition coefficient (Wildman–Crippen LogP) is 3.69. The van der Waals surface area contributed by atoms with Gasteiger partial charge in [-0.1, -0.05) is 42.5 Å². The number of ether oxygens (including phenoxy) is 1. The quantitative estimate of drug-likeness (QED) is 0.731. The maximum Gasteiger partial charge on any atom is 0.264 e. The van der Waals surface area contributed by atoms with Crippen LogP contribution in [0.25, 0.3) is 10.8 Å². The Kier molecular flexibility index (Phi) is 4.59. The van der Waals surface area contributed by atoms with Crippen molar-refractivity contribution in [2.45, 2.75) is 30.6 Å². The molecule has 3 aromatic carbocycles. The third-order valence-electron chi connectivity index (χ3n) is 5.37. The van der Waals surface area contributed by atoms with Crippen LogP contribution in [0.1, 0.15) is 29.0 Å². The molecule has 0 unspecified atom stereocenters. The lowest BCUT2D eigenvalue weighted by atomic mass is 9.95. The van der Waals surface area contributed by atoms with Crippen LogP contribution in [0.2, 0.25) is 0 Å². The highest BCUT2D eigenvalue weighted by atomic mass is 32.2. The summed E-state index contributed by atoms with van der Waals surface area (Å²) in [5.74, 6) is -0.259. The zero-order chi connectivity index (χ0) is 19.9. The van der Waals surface area contributed by atoms with E-state index < -0.39 is 21.8 Å². The van der Waals surface area contributed by atoms with Crippen molar-refractivity contribution >= 4 is 26.7 Å². The molecule has 0 aliphatic heterocycles. The van der Waals surface area contributed by atoms with Crippen LogP contribution >= 0.6 is 0 Å². The normalized spacial score (nSPS) is 16.0. The molecule has 3 aromatic rings. The Morgan fingerprint density at radius 3 is 2.61 bits per heavy atom. The summed E-state index contributed by atoms with van der Waals surface area (Å²) >= 11 is 0. The lowest BCUT2D eigenvalue weighted by Gasteiger charge is -2.16. The van der Waals surface area contributed by atoms with Gasteiger partial charge in [0.05, 0.1) is 17.9 Å². The van der Waals surface area contributed by atoms with Gasteiger partial charge < -0.3 is 4.74 Å². The van der Waals surface area contributed by atoms with Gasteiger partial charge in [0.25, 0.3) is 10.0 Å². The minimum atomic E-state index is -3.99. The van der Waals surface area contributed by atoms with Crippen molar-refractivity contribution in [3.63, 3.8) is 0 Å².